The zero-order valence-electron chi connectivity index (χ0n) is 9.33. The first-order valence-corrected chi connectivity index (χ1v) is 6.99. The van der Waals surface area contributed by atoms with Gasteiger partial charge >= 0.3 is 0 Å². The number of aryl methyl sites for hydroxylation is 2. The van der Waals surface area contributed by atoms with Crippen LogP contribution in [0.3, 0.4) is 0 Å². The van der Waals surface area contributed by atoms with Gasteiger partial charge in [0.2, 0.25) is 0 Å². The lowest BCUT2D eigenvalue weighted by molar-refractivity contribution is 0.0170. The second kappa shape index (κ2) is 4.92. The molecule has 0 radical (unpaired) electrons. The average Bonchev–Trinajstić information content (AvgIpc) is 2.56. The Hall–Kier alpha value is -0.640. The van der Waals surface area contributed by atoms with Gasteiger partial charge in [0.05, 0.1) is 23.8 Å². The van der Waals surface area contributed by atoms with E-state index in [1.165, 1.54) is 6.92 Å². The van der Waals surface area contributed by atoms with Crippen molar-refractivity contribution in [2.24, 2.45) is 5.73 Å². The van der Waals surface area contributed by atoms with Crippen LogP contribution in [0.25, 0.3) is 0 Å². The van der Waals surface area contributed by atoms with E-state index in [1.54, 1.807) is 6.92 Å². The molecule has 0 saturated heterocycles. The molecule has 1 aromatic heterocycles. The number of alkyl halides is 2. The molecule has 0 aliphatic carbocycles. The molecule has 0 bridgehead atoms. The fourth-order valence-corrected chi connectivity index (χ4v) is 3.69. The second-order valence-corrected chi connectivity index (χ2v) is 6.66. The van der Waals surface area contributed by atoms with Crippen molar-refractivity contribution in [3.8, 4) is 0 Å². The number of thiazole rings is 1. The summed E-state index contributed by atoms with van der Waals surface area (Å²) in [6, 6.07) is 0. The monoisotopic (exact) mass is 285 g/mol. The summed E-state index contributed by atoms with van der Waals surface area (Å²) < 4.78 is 50.9. The summed E-state index contributed by atoms with van der Waals surface area (Å²) in [6.07, 6.45) is 0. The van der Waals surface area contributed by atoms with Crippen molar-refractivity contribution in [2.75, 3.05) is 13.1 Å². The van der Waals surface area contributed by atoms with E-state index in [2.05, 4.69) is 4.98 Å². The van der Waals surface area contributed by atoms with E-state index >= 15 is 0 Å². The topological polar surface area (TPSA) is 85.1 Å². The number of hydrogen-bond acceptors (Lipinski definition) is 5. The summed E-state index contributed by atoms with van der Waals surface area (Å²) >= 11 is 0.942. The van der Waals surface area contributed by atoms with E-state index in [4.69, 9.17) is 5.73 Å². The van der Waals surface area contributed by atoms with Crippen LogP contribution in [0.1, 0.15) is 10.7 Å². The minimum atomic E-state index is -3.94. The van der Waals surface area contributed by atoms with Crippen LogP contribution in [-0.2, 0) is 10.0 Å². The molecule has 9 heteroatoms. The number of aromatic nitrogens is 1. The van der Waals surface area contributed by atoms with E-state index in [0.29, 0.717) is 10.7 Å². The number of sulfonamides is 1. The van der Waals surface area contributed by atoms with Crippen LogP contribution in [0, 0.1) is 13.8 Å². The van der Waals surface area contributed by atoms with Crippen molar-refractivity contribution in [1.29, 1.82) is 0 Å². The van der Waals surface area contributed by atoms with Gasteiger partial charge in [-0.05, 0) is 13.8 Å². The van der Waals surface area contributed by atoms with E-state index < -0.39 is 29.0 Å². The molecule has 0 aromatic carbocycles. The van der Waals surface area contributed by atoms with Crippen molar-refractivity contribution < 1.29 is 17.2 Å². The summed E-state index contributed by atoms with van der Waals surface area (Å²) in [4.78, 5) is 3.93. The molecular formula is C8H13F2N3O2S2. The van der Waals surface area contributed by atoms with E-state index in [9.17, 15) is 17.2 Å². The molecule has 3 N–H and O–H groups in total. The first-order valence-electron chi connectivity index (χ1n) is 4.69. The standard InChI is InChI=1S/C8H13F2N3O2S2/c1-5-7(16-6(2)13-5)17(14,15)12-4-8(9,10)3-11/h12H,3-4,11H2,1-2H3. The van der Waals surface area contributed by atoms with Crippen molar-refractivity contribution >= 4 is 21.4 Å². The van der Waals surface area contributed by atoms with Crippen LogP contribution in [0.2, 0.25) is 0 Å². The van der Waals surface area contributed by atoms with Crippen LogP contribution < -0.4 is 10.5 Å². The van der Waals surface area contributed by atoms with Crippen molar-refractivity contribution in [1.82, 2.24) is 9.71 Å². The Morgan fingerprint density at radius 2 is 2.06 bits per heavy atom. The molecule has 98 valence electrons. The van der Waals surface area contributed by atoms with Crippen LogP contribution >= 0.6 is 11.3 Å². The fraction of sp³-hybridized carbons (Fsp3) is 0.625. The Morgan fingerprint density at radius 3 is 2.47 bits per heavy atom. The second-order valence-electron chi connectivity index (χ2n) is 3.49. The van der Waals surface area contributed by atoms with Gasteiger partial charge in [0.1, 0.15) is 0 Å². The lowest BCUT2D eigenvalue weighted by Gasteiger charge is -2.14. The predicted octanol–water partition coefficient (Wildman–Crippen LogP) is 0.632. The zero-order chi connectivity index (χ0) is 13.3. The average molecular weight is 285 g/mol. The van der Waals surface area contributed by atoms with Gasteiger partial charge in [0.15, 0.2) is 4.21 Å². The third kappa shape index (κ3) is 3.66. The predicted molar refractivity (Wildman–Crippen MR) is 60.8 cm³/mol. The molecular weight excluding hydrogens is 272 g/mol. The number of rotatable bonds is 5. The van der Waals surface area contributed by atoms with Gasteiger partial charge in [-0.1, -0.05) is 0 Å². The molecule has 5 nitrogen and oxygen atoms in total. The highest BCUT2D eigenvalue weighted by Gasteiger charge is 2.30. The van der Waals surface area contributed by atoms with Crippen molar-refractivity contribution in [3.63, 3.8) is 0 Å². The lowest BCUT2D eigenvalue weighted by Crippen LogP contribution is -2.41. The highest BCUT2D eigenvalue weighted by atomic mass is 32.2. The number of halogens is 2. The van der Waals surface area contributed by atoms with Crippen molar-refractivity contribution in [2.45, 2.75) is 24.0 Å². The highest BCUT2D eigenvalue weighted by molar-refractivity contribution is 7.91. The summed E-state index contributed by atoms with van der Waals surface area (Å²) in [6.45, 7) is 1.24. The van der Waals surface area contributed by atoms with Crippen LogP contribution in [0.5, 0.6) is 0 Å². The molecule has 0 unspecified atom stereocenters. The van der Waals surface area contributed by atoms with Gasteiger partial charge in [0.25, 0.3) is 15.9 Å². The molecule has 0 aliphatic rings. The minimum absolute atomic E-state index is 0.0391. The Kier molecular flexibility index (Phi) is 4.18. The third-order valence-corrected chi connectivity index (χ3v) is 5.01. The molecule has 0 saturated carbocycles. The summed E-state index contributed by atoms with van der Waals surface area (Å²) in [5.74, 6) is -3.25. The van der Waals surface area contributed by atoms with Gasteiger partial charge in [-0.2, -0.15) is 0 Å². The third-order valence-electron chi connectivity index (χ3n) is 1.92. The number of nitrogens with zero attached hydrogens (tertiary/aromatic N) is 1. The van der Waals surface area contributed by atoms with E-state index in [-0.39, 0.29) is 4.21 Å². The van der Waals surface area contributed by atoms with Crippen LogP contribution in [0.15, 0.2) is 4.21 Å². The Labute approximate surface area is 102 Å². The molecule has 1 aromatic rings. The minimum Gasteiger partial charge on any atom is -0.325 e. The summed E-state index contributed by atoms with van der Waals surface area (Å²) in [7, 11) is -3.94. The summed E-state index contributed by atoms with van der Waals surface area (Å²) in [5.41, 5.74) is 5.12. The maximum atomic E-state index is 12.8. The number of nitrogens with two attached hydrogens (primary N) is 1. The normalized spacial score (nSPS) is 13.0. The first-order chi connectivity index (χ1) is 7.68. The molecule has 0 amide bonds. The molecule has 0 aliphatic heterocycles. The van der Waals surface area contributed by atoms with Crippen molar-refractivity contribution in [3.05, 3.63) is 10.7 Å². The van der Waals surface area contributed by atoms with E-state index in [0.717, 1.165) is 11.3 Å². The first kappa shape index (κ1) is 14.4. The maximum absolute atomic E-state index is 12.8. The molecule has 0 atom stereocenters. The molecule has 0 spiro atoms. The van der Waals surface area contributed by atoms with Crippen LogP contribution in [-0.4, -0.2) is 32.4 Å². The fourth-order valence-electron chi connectivity index (χ4n) is 1.10. The molecule has 0 fully saturated rings. The molecule has 1 rings (SSSR count). The number of hydrogen-bond donors (Lipinski definition) is 2. The Morgan fingerprint density at radius 1 is 1.47 bits per heavy atom. The summed E-state index contributed by atoms with van der Waals surface area (Å²) in [5, 5.41) is 0.563. The zero-order valence-corrected chi connectivity index (χ0v) is 11.0. The number of nitrogens with one attached hydrogen (secondary N) is 1. The van der Waals surface area contributed by atoms with Crippen LogP contribution in [0.4, 0.5) is 8.78 Å². The molecule has 1 heterocycles. The highest BCUT2D eigenvalue weighted by Crippen LogP contribution is 2.23. The maximum Gasteiger partial charge on any atom is 0.273 e. The van der Waals surface area contributed by atoms with E-state index in [1.807, 2.05) is 4.72 Å². The van der Waals surface area contributed by atoms with Gasteiger partial charge in [-0.3, -0.25) is 0 Å². The largest absolute Gasteiger partial charge is 0.325 e. The van der Waals surface area contributed by atoms with Gasteiger partial charge in [-0.15, -0.1) is 11.3 Å². The van der Waals surface area contributed by atoms with Gasteiger partial charge in [0, 0.05) is 0 Å². The SMILES string of the molecule is Cc1nc(C)c(S(=O)(=O)NCC(F)(F)CN)s1. The molecule has 17 heavy (non-hydrogen) atoms. The quantitative estimate of drug-likeness (QED) is 0.831. The Bertz CT molecular complexity index is 499. The van der Waals surface area contributed by atoms with Gasteiger partial charge in [-0.25, -0.2) is 26.9 Å². The Balaban J connectivity index is 2.87. The lowest BCUT2D eigenvalue weighted by atomic mass is 10.3. The van der Waals surface area contributed by atoms with Gasteiger partial charge < -0.3 is 5.73 Å². The smallest absolute Gasteiger partial charge is 0.273 e.